The lowest BCUT2D eigenvalue weighted by Gasteiger charge is -2.37. The number of esters is 1. The van der Waals surface area contributed by atoms with Crippen LogP contribution in [0.3, 0.4) is 0 Å². The smallest absolute Gasteiger partial charge is 0.343 e. The Kier molecular flexibility index (Phi) is 6.16. The van der Waals surface area contributed by atoms with Crippen LogP contribution >= 0.6 is 34.8 Å². The Balaban J connectivity index is 2.18. The van der Waals surface area contributed by atoms with Crippen LogP contribution in [0.4, 0.5) is 0 Å². The van der Waals surface area contributed by atoms with E-state index in [-0.39, 0.29) is 5.54 Å². The minimum atomic E-state index is -0.495. The van der Waals surface area contributed by atoms with Gasteiger partial charge in [-0.3, -0.25) is 0 Å². The van der Waals surface area contributed by atoms with Crippen molar-refractivity contribution >= 4 is 40.8 Å². The Labute approximate surface area is 145 Å². The maximum absolute atomic E-state index is 12.3. The SMILES string of the molecule is CNC1(/C(=C/Cl)OC(=O)c2ccc(Cl)c(Cl)c2)CCCCC1. The zero-order valence-electron chi connectivity index (χ0n) is 12.3. The van der Waals surface area contributed by atoms with Crippen molar-refractivity contribution in [2.24, 2.45) is 0 Å². The summed E-state index contributed by atoms with van der Waals surface area (Å²) in [4.78, 5) is 12.3. The van der Waals surface area contributed by atoms with Crippen molar-refractivity contribution in [1.29, 1.82) is 0 Å². The van der Waals surface area contributed by atoms with Gasteiger partial charge >= 0.3 is 5.97 Å². The lowest BCUT2D eigenvalue weighted by molar-refractivity contribution is 0.0534. The first-order valence-electron chi connectivity index (χ1n) is 7.19. The van der Waals surface area contributed by atoms with Gasteiger partial charge in [0.25, 0.3) is 0 Å². The number of hydrogen-bond donors (Lipinski definition) is 1. The summed E-state index contributed by atoms with van der Waals surface area (Å²) in [6.45, 7) is 0. The minimum absolute atomic E-state index is 0.313. The molecule has 0 aromatic heterocycles. The molecule has 0 atom stereocenters. The summed E-state index contributed by atoms with van der Waals surface area (Å²) in [7, 11) is 1.86. The second-order valence-electron chi connectivity index (χ2n) is 5.38. The van der Waals surface area contributed by atoms with Crippen molar-refractivity contribution in [3.8, 4) is 0 Å². The molecule has 1 aromatic rings. The summed E-state index contributed by atoms with van der Waals surface area (Å²) < 4.78 is 5.54. The van der Waals surface area contributed by atoms with Crippen LogP contribution in [0.25, 0.3) is 0 Å². The fraction of sp³-hybridized carbons (Fsp3) is 0.438. The quantitative estimate of drug-likeness (QED) is 0.594. The van der Waals surface area contributed by atoms with Gasteiger partial charge in [-0.05, 0) is 38.1 Å². The van der Waals surface area contributed by atoms with Gasteiger partial charge in [0, 0.05) is 5.54 Å². The maximum Gasteiger partial charge on any atom is 0.343 e. The molecule has 2 rings (SSSR count). The van der Waals surface area contributed by atoms with Crippen LogP contribution in [0.5, 0.6) is 0 Å². The molecule has 1 fully saturated rings. The number of hydrogen-bond acceptors (Lipinski definition) is 3. The van der Waals surface area contributed by atoms with E-state index in [2.05, 4.69) is 5.32 Å². The minimum Gasteiger partial charge on any atom is -0.425 e. The molecular formula is C16H18Cl3NO2. The molecule has 1 N–H and O–H groups in total. The van der Waals surface area contributed by atoms with Crippen molar-refractivity contribution in [2.75, 3.05) is 7.05 Å². The topological polar surface area (TPSA) is 38.3 Å². The molecule has 6 heteroatoms. The van der Waals surface area contributed by atoms with Gasteiger partial charge < -0.3 is 10.1 Å². The number of carbonyl (C=O) groups excluding carboxylic acids is 1. The average Bonchev–Trinajstić information content (AvgIpc) is 2.55. The van der Waals surface area contributed by atoms with Gasteiger partial charge in [0.15, 0.2) is 0 Å². The molecule has 0 spiro atoms. The summed E-state index contributed by atoms with van der Waals surface area (Å²) in [6, 6.07) is 4.64. The molecule has 0 radical (unpaired) electrons. The third-order valence-electron chi connectivity index (χ3n) is 4.11. The van der Waals surface area contributed by atoms with E-state index in [9.17, 15) is 4.79 Å². The molecule has 1 aliphatic carbocycles. The number of ether oxygens (including phenoxy) is 1. The monoisotopic (exact) mass is 361 g/mol. The van der Waals surface area contributed by atoms with Gasteiger partial charge in [-0.1, -0.05) is 54.1 Å². The second kappa shape index (κ2) is 7.69. The highest BCUT2D eigenvalue weighted by atomic mass is 35.5. The molecular weight excluding hydrogens is 345 g/mol. The van der Waals surface area contributed by atoms with Crippen LogP contribution < -0.4 is 5.32 Å². The predicted octanol–water partition coefficient (Wildman–Crippen LogP) is 5.15. The fourth-order valence-electron chi connectivity index (χ4n) is 2.78. The van der Waals surface area contributed by atoms with E-state index in [0.29, 0.717) is 21.4 Å². The molecule has 0 amide bonds. The molecule has 22 heavy (non-hydrogen) atoms. The van der Waals surface area contributed by atoms with Crippen LogP contribution in [0.15, 0.2) is 29.5 Å². The van der Waals surface area contributed by atoms with Crippen molar-refractivity contribution in [1.82, 2.24) is 5.32 Å². The summed E-state index contributed by atoms with van der Waals surface area (Å²) in [5.41, 5.74) is 1.30. The Morgan fingerprint density at radius 3 is 2.45 bits per heavy atom. The molecule has 1 saturated carbocycles. The van der Waals surface area contributed by atoms with E-state index in [1.54, 1.807) is 12.1 Å². The summed E-state index contributed by atoms with van der Waals surface area (Å²) in [5, 5.41) is 3.98. The van der Waals surface area contributed by atoms with Gasteiger partial charge in [0.05, 0.1) is 21.1 Å². The average molecular weight is 363 g/mol. The molecule has 0 bridgehead atoms. The van der Waals surface area contributed by atoms with Gasteiger partial charge in [0.2, 0.25) is 0 Å². The lowest BCUT2D eigenvalue weighted by atomic mass is 9.80. The number of nitrogens with one attached hydrogen (secondary N) is 1. The Hall–Kier alpha value is -0.740. The second-order valence-corrected chi connectivity index (χ2v) is 6.42. The Bertz CT molecular complexity index is 581. The zero-order valence-corrected chi connectivity index (χ0v) is 14.6. The Morgan fingerprint density at radius 2 is 1.91 bits per heavy atom. The van der Waals surface area contributed by atoms with Crippen LogP contribution in [-0.4, -0.2) is 18.6 Å². The van der Waals surface area contributed by atoms with E-state index in [4.69, 9.17) is 39.5 Å². The van der Waals surface area contributed by atoms with Crippen molar-refractivity contribution in [2.45, 2.75) is 37.6 Å². The largest absolute Gasteiger partial charge is 0.425 e. The third kappa shape index (κ3) is 3.77. The number of benzene rings is 1. The predicted molar refractivity (Wildman–Crippen MR) is 90.7 cm³/mol. The first-order chi connectivity index (χ1) is 10.5. The normalized spacial score (nSPS) is 18.1. The number of halogens is 3. The van der Waals surface area contributed by atoms with Crippen molar-refractivity contribution in [3.63, 3.8) is 0 Å². The van der Waals surface area contributed by atoms with Crippen molar-refractivity contribution in [3.05, 3.63) is 45.1 Å². The molecule has 120 valence electrons. The number of rotatable bonds is 4. The van der Waals surface area contributed by atoms with E-state index in [1.807, 2.05) is 7.05 Å². The number of carbonyl (C=O) groups is 1. The highest BCUT2D eigenvalue weighted by molar-refractivity contribution is 6.42. The first-order valence-corrected chi connectivity index (χ1v) is 8.38. The van der Waals surface area contributed by atoms with Crippen molar-refractivity contribution < 1.29 is 9.53 Å². The standard InChI is InChI=1S/C16H18Cl3NO2/c1-20-16(7-3-2-4-8-16)14(10-17)22-15(21)11-5-6-12(18)13(19)9-11/h5-6,9-10,20H,2-4,7-8H2,1H3/b14-10-. The van der Waals surface area contributed by atoms with Crippen LogP contribution in [-0.2, 0) is 4.74 Å². The van der Waals surface area contributed by atoms with Gasteiger partial charge in [-0.2, -0.15) is 0 Å². The molecule has 0 unspecified atom stereocenters. The molecule has 0 saturated heterocycles. The highest BCUT2D eigenvalue weighted by Gasteiger charge is 2.37. The molecule has 0 aliphatic heterocycles. The van der Waals surface area contributed by atoms with Gasteiger partial charge in [-0.25, -0.2) is 4.79 Å². The molecule has 3 nitrogen and oxygen atoms in total. The van der Waals surface area contributed by atoms with Crippen LogP contribution in [0, 0.1) is 0 Å². The highest BCUT2D eigenvalue weighted by Crippen LogP contribution is 2.35. The molecule has 1 aliphatic rings. The number of likely N-dealkylation sites (N-methyl/N-ethyl adjacent to an activating group) is 1. The van der Waals surface area contributed by atoms with Gasteiger partial charge in [-0.15, -0.1) is 0 Å². The van der Waals surface area contributed by atoms with E-state index in [0.717, 1.165) is 25.7 Å². The molecule has 0 heterocycles. The summed E-state index contributed by atoms with van der Waals surface area (Å²) in [5.74, 6) is -0.0434. The lowest BCUT2D eigenvalue weighted by Crippen LogP contribution is -2.47. The maximum atomic E-state index is 12.3. The third-order valence-corrected chi connectivity index (χ3v) is 5.05. The summed E-state index contributed by atoms with van der Waals surface area (Å²) >= 11 is 17.7. The fourth-order valence-corrected chi connectivity index (χ4v) is 3.33. The first kappa shape index (κ1) is 17.6. The summed E-state index contributed by atoms with van der Waals surface area (Å²) in [6.07, 6.45) is 5.09. The van der Waals surface area contributed by atoms with E-state index in [1.165, 1.54) is 18.0 Å². The van der Waals surface area contributed by atoms with Crippen LogP contribution in [0.2, 0.25) is 10.0 Å². The Morgan fingerprint density at radius 1 is 1.23 bits per heavy atom. The molecule has 1 aromatic carbocycles. The van der Waals surface area contributed by atoms with Gasteiger partial charge in [0.1, 0.15) is 5.76 Å². The van der Waals surface area contributed by atoms with Crippen LogP contribution in [0.1, 0.15) is 42.5 Å². The van der Waals surface area contributed by atoms with E-state index < -0.39 is 5.97 Å². The van der Waals surface area contributed by atoms with E-state index >= 15 is 0 Å². The zero-order chi connectivity index (χ0) is 16.2.